The lowest BCUT2D eigenvalue weighted by molar-refractivity contribution is -0.0536. The molecule has 150 valence electrons. The molecular weight excluding hydrogens is 366 g/mol. The molecule has 1 aromatic carbocycles. The molecule has 0 radical (unpaired) electrons. The number of fused-ring (bicyclic) bond motifs is 3. The summed E-state index contributed by atoms with van der Waals surface area (Å²) in [6.07, 6.45) is 1.25. The maximum atomic E-state index is 14.1. The monoisotopic (exact) mass is 390 g/mol. The van der Waals surface area contributed by atoms with Crippen molar-refractivity contribution in [3.63, 3.8) is 0 Å². The molecule has 4 atom stereocenters. The average molecular weight is 390 g/mol. The molecule has 3 aliphatic heterocycles. The average Bonchev–Trinajstić information content (AvgIpc) is 3.23. The number of ether oxygens (including phenoxy) is 1. The number of aliphatic hydroxyl groups excluding tert-OH is 1. The van der Waals surface area contributed by atoms with Crippen LogP contribution in [0.2, 0.25) is 0 Å². The quantitative estimate of drug-likeness (QED) is 0.822. The second-order valence-electron chi connectivity index (χ2n) is 8.05. The van der Waals surface area contributed by atoms with E-state index in [4.69, 9.17) is 10.5 Å². The lowest BCUT2D eigenvalue weighted by atomic mass is 9.93. The number of imidazole rings is 1. The Morgan fingerprint density at radius 3 is 2.93 bits per heavy atom. The smallest absolute Gasteiger partial charge is 0.138 e. The van der Waals surface area contributed by atoms with Crippen molar-refractivity contribution < 1.29 is 18.6 Å². The molecule has 0 aliphatic carbocycles. The Labute approximate surface area is 161 Å². The van der Waals surface area contributed by atoms with Gasteiger partial charge in [0.25, 0.3) is 0 Å². The van der Waals surface area contributed by atoms with Gasteiger partial charge in [0.05, 0.1) is 18.0 Å². The van der Waals surface area contributed by atoms with Crippen LogP contribution in [0.25, 0.3) is 0 Å². The summed E-state index contributed by atoms with van der Waals surface area (Å²) in [5.74, 6) is -0.200. The number of rotatable bonds is 2. The van der Waals surface area contributed by atoms with Gasteiger partial charge in [0.15, 0.2) is 0 Å². The number of hydrogen-bond acceptors (Lipinski definition) is 5. The predicted octanol–water partition coefficient (Wildman–Crippen LogP) is 2.16. The Morgan fingerprint density at radius 1 is 1.25 bits per heavy atom. The zero-order chi connectivity index (χ0) is 19.4. The second kappa shape index (κ2) is 6.88. The fraction of sp³-hybridized carbons (Fsp3) is 0.550. The summed E-state index contributed by atoms with van der Waals surface area (Å²) in [6.45, 7) is 2.74. The Hall–Kier alpha value is -1.87. The second-order valence-corrected chi connectivity index (χ2v) is 8.05. The maximum Gasteiger partial charge on any atom is 0.138 e. The van der Waals surface area contributed by atoms with Crippen LogP contribution in [0.15, 0.2) is 18.2 Å². The molecule has 5 rings (SSSR count). The van der Waals surface area contributed by atoms with Crippen molar-refractivity contribution in [2.24, 2.45) is 5.73 Å². The lowest BCUT2D eigenvalue weighted by Gasteiger charge is -2.38. The summed E-state index contributed by atoms with van der Waals surface area (Å²) in [6, 6.07) is 3.07. The largest absolute Gasteiger partial charge is 0.385 e. The van der Waals surface area contributed by atoms with Gasteiger partial charge in [-0.05, 0) is 37.5 Å². The third kappa shape index (κ3) is 2.95. The molecule has 0 spiro atoms. The van der Waals surface area contributed by atoms with Crippen LogP contribution in [0.3, 0.4) is 0 Å². The summed E-state index contributed by atoms with van der Waals surface area (Å²) in [5.41, 5.74) is 8.67. The van der Waals surface area contributed by atoms with Gasteiger partial charge in [-0.1, -0.05) is 0 Å². The molecule has 1 unspecified atom stereocenters. The summed E-state index contributed by atoms with van der Waals surface area (Å²) < 4.78 is 35.7. The van der Waals surface area contributed by atoms with Crippen LogP contribution in [0.4, 0.5) is 8.78 Å². The molecule has 0 bridgehead atoms. The number of benzene rings is 1. The fourth-order valence-electron chi connectivity index (χ4n) is 4.79. The van der Waals surface area contributed by atoms with E-state index in [1.165, 1.54) is 11.8 Å². The Morgan fingerprint density at radius 2 is 2.11 bits per heavy atom. The lowest BCUT2D eigenvalue weighted by Crippen LogP contribution is -2.48. The maximum absolute atomic E-state index is 14.1. The van der Waals surface area contributed by atoms with E-state index in [0.717, 1.165) is 49.6 Å². The number of hydrogen-bond donors (Lipinski definition) is 2. The van der Waals surface area contributed by atoms with Crippen LogP contribution in [-0.2, 0) is 24.4 Å². The number of aliphatic hydroxyl groups is 1. The molecule has 2 aromatic rings. The van der Waals surface area contributed by atoms with E-state index in [-0.39, 0.29) is 11.6 Å². The van der Waals surface area contributed by atoms with Gasteiger partial charge in [-0.2, -0.15) is 0 Å². The topological polar surface area (TPSA) is 76.5 Å². The van der Waals surface area contributed by atoms with E-state index in [1.54, 1.807) is 0 Å². The van der Waals surface area contributed by atoms with Gasteiger partial charge in [0, 0.05) is 37.3 Å². The summed E-state index contributed by atoms with van der Waals surface area (Å²) in [7, 11) is 0. The Balaban J connectivity index is 1.29. The van der Waals surface area contributed by atoms with Gasteiger partial charge in [-0.25, -0.2) is 13.8 Å². The zero-order valence-electron chi connectivity index (χ0n) is 15.5. The van der Waals surface area contributed by atoms with Gasteiger partial charge < -0.3 is 20.1 Å². The van der Waals surface area contributed by atoms with Crippen LogP contribution in [-0.4, -0.2) is 38.2 Å². The van der Waals surface area contributed by atoms with Crippen molar-refractivity contribution in [1.82, 2.24) is 14.5 Å². The molecule has 3 N–H and O–H groups in total. The van der Waals surface area contributed by atoms with Crippen LogP contribution in [0, 0.1) is 11.6 Å². The molecule has 1 fully saturated rings. The van der Waals surface area contributed by atoms with E-state index in [1.807, 2.05) is 0 Å². The molecular formula is C20H24F2N4O2. The number of aromatic nitrogens is 2. The molecule has 8 heteroatoms. The predicted molar refractivity (Wildman–Crippen MR) is 97.1 cm³/mol. The zero-order valence-corrected chi connectivity index (χ0v) is 15.5. The Bertz CT molecular complexity index is 903. The van der Waals surface area contributed by atoms with Crippen LogP contribution >= 0.6 is 0 Å². The van der Waals surface area contributed by atoms with E-state index in [9.17, 15) is 13.9 Å². The van der Waals surface area contributed by atoms with Crippen molar-refractivity contribution in [3.8, 4) is 0 Å². The van der Waals surface area contributed by atoms with E-state index < -0.39 is 29.9 Å². The minimum atomic E-state index is -0.642. The van der Waals surface area contributed by atoms with Crippen molar-refractivity contribution in [3.05, 3.63) is 52.6 Å². The normalized spacial score (nSPS) is 30.3. The van der Waals surface area contributed by atoms with Crippen molar-refractivity contribution in [2.45, 2.75) is 63.2 Å². The molecule has 3 aliphatic rings. The van der Waals surface area contributed by atoms with Crippen molar-refractivity contribution >= 4 is 0 Å². The van der Waals surface area contributed by atoms with Crippen LogP contribution < -0.4 is 5.73 Å². The van der Waals surface area contributed by atoms with Gasteiger partial charge >= 0.3 is 0 Å². The van der Waals surface area contributed by atoms with E-state index >= 15 is 0 Å². The molecule has 1 aromatic heterocycles. The Kier molecular flexibility index (Phi) is 4.46. The third-order valence-electron chi connectivity index (χ3n) is 6.23. The highest BCUT2D eigenvalue weighted by molar-refractivity contribution is 5.25. The standard InChI is InChI=1S/C20H24F2N4O2/c21-11-3-4-14(22)13(6-11)19-15(23)7-12(10-28-19)25-8-16-17(9-25)26-5-1-2-18(27)20(26)24-16/h3-4,6,12,15,18-19,27H,1-2,5,7-10,23H2/t12-,15+,18?,19-/m1/s1. The SMILES string of the molecule is N[C@H]1C[C@@H](N2Cc3nc4n(c3C2)CCCC4O)CO[C@@H]1c1cc(F)ccc1F. The molecule has 0 saturated carbocycles. The molecule has 28 heavy (non-hydrogen) atoms. The third-order valence-corrected chi connectivity index (χ3v) is 6.23. The number of halogens is 2. The molecule has 0 amide bonds. The minimum absolute atomic E-state index is 0.0989. The van der Waals surface area contributed by atoms with Crippen LogP contribution in [0.1, 0.15) is 54.2 Å². The summed E-state index contributed by atoms with van der Waals surface area (Å²) in [5, 5.41) is 10.2. The number of nitrogens with two attached hydrogens (primary N) is 1. The first-order valence-corrected chi connectivity index (χ1v) is 9.83. The minimum Gasteiger partial charge on any atom is -0.385 e. The summed E-state index contributed by atoms with van der Waals surface area (Å²) >= 11 is 0. The van der Waals surface area contributed by atoms with Crippen LogP contribution in [0.5, 0.6) is 0 Å². The fourth-order valence-corrected chi connectivity index (χ4v) is 4.79. The molecule has 1 saturated heterocycles. The highest BCUT2D eigenvalue weighted by Gasteiger charge is 2.38. The van der Waals surface area contributed by atoms with E-state index in [2.05, 4.69) is 14.5 Å². The van der Waals surface area contributed by atoms with Crippen molar-refractivity contribution in [2.75, 3.05) is 6.61 Å². The highest BCUT2D eigenvalue weighted by atomic mass is 19.1. The summed E-state index contributed by atoms with van der Waals surface area (Å²) in [4.78, 5) is 6.95. The van der Waals surface area contributed by atoms with Gasteiger partial charge in [0.2, 0.25) is 0 Å². The van der Waals surface area contributed by atoms with Gasteiger partial charge in [-0.15, -0.1) is 0 Å². The first-order chi connectivity index (χ1) is 13.5. The number of nitrogens with zero attached hydrogens (tertiary/aromatic N) is 3. The van der Waals surface area contributed by atoms with E-state index in [0.29, 0.717) is 19.6 Å². The van der Waals surface area contributed by atoms with Gasteiger partial charge in [-0.3, -0.25) is 4.90 Å². The van der Waals surface area contributed by atoms with Crippen molar-refractivity contribution in [1.29, 1.82) is 0 Å². The molecule has 6 nitrogen and oxygen atoms in total. The first kappa shape index (κ1) is 18.2. The van der Waals surface area contributed by atoms with Gasteiger partial charge in [0.1, 0.15) is 29.7 Å². The highest BCUT2D eigenvalue weighted by Crippen LogP contribution is 2.36. The molecule has 4 heterocycles. The first-order valence-electron chi connectivity index (χ1n) is 9.83.